The van der Waals surface area contributed by atoms with Crippen LogP contribution in [0, 0.1) is 13.8 Å². The number of rotatable bonds is 8. The molecule has 0 aromatic heterocycles. The van der Waals surface area contributed by atoms with Crippen LogP contribution in [0.15, 0.2) is 65.6 Å². The molecule has 6 nitrogen and oxygen atoms in total. The zero-order valence-electron chi connectivity index (χ0n) is 19.1. The maximum absolute atomic E-state index is 13.0. The highest BCUT2D eigenvalue weighted by Gasteiger charge is 2.23. The van der Waals surface area contributed by atoms with E-state index < -0.39 is 10.0 Å². The Labute approximate surface area is 200 Å². The van der Waals surface area contributed by atoms with Crippen molar-refractivity contribution in [2.24, 2.45) is 0 Å². The van der Waals surface area contributed by atoms with Gasteiger partial charge >= 0.3 is 0 Å². The van der Waals surface area contributed by atoms with Crippen LogP contribution in [0.5, 0.6) is 5.75 Å². The maximum Gasteiger partial charge on any atom is 0.255 e. The highest BCUT2D eigenvalue weighted by atomic mass is 35.5. The average molecular weight is 487 g/mol. The van der Waals surface area contributed by atoms with Crippen molar-refractivity contribution in [3.63, 3.8) is 0 Å². The third-order valence-electron chi connectivity index (χ3n) is 5.17. The first-order chi connectivity index (χ1) is 15.6. The molecule has 0 saturated heterocycles. The standard InChI is InChI=1S/C25H27ClN2O4S/c1-5-32-24-13-7-19(25(29)27-23-12-6-17(2)14-18(23)3)15-20(24)16-28(4)33(30,31)22-10-8-21(26)9-11-22/h6-15H,5,16H2,1-4H3,(H,27,29). The molecule has 0 aliphatic heterocycles. The first-order valence-corrected chi connectivity index (χ1v) is 12.3. The van der Waals surface area contributed by atoms with E-state index in [0.717, 1.165) is 16.8 Å². The quantitative estimate of drug-likeness (QED) is 0.460. The molecule has 174 valence electrons. The van der Waals surface area contributed by atoms with E-state index in [-0.39, 0.29) is 17.3 Å². The Morgan fingerprint density at radius 3 is 2.36 bits per heavy atom. The molecule has 3 rings (SSSR count). The molecule has 0 aliphatic rings. The predicted octanol–water partition coefficient (Wildman–Crippen LogP) is 5.43. The number of nitrogens with zero attached hydrogens (tertiary/aromatic N) is 1. The maximum atomic E-state index is 13.0. The first kappa shape index (κ1) is 24.8. The van der Waals surface area contributed by atoms with Crippen LogP contribution in [-0.2, 0) is 16.6 Å². The molecular weight excluding hydrogens is 460 g/mol. The predicted molar refractivity (Wildman–Crippen MR) is 132 cm³/mol. The lowest BCUT2D eigenvalue weighted by Crippen LogP contribution is -2.27. The molecule has 3 aromatic carbocycles. The summed E-state index contributed by atoms with van der Waals surface area (Å²) in [7, 11) is -2.27. The van der Waals surface area contributed by atoms with Crippen LogP contribution in [0.25, 0.3) is 0 Å². The zero-order chi connectivity index (χ0) is 24.2. The van der Waals surface area contributed by atoms with Crippen molar-refractivity contribution in [1.82, 2.24) is 4.31 Å². The summed E-state index contributed by atoms with van der Waals surface area (Å²) in [5.74, 6) is 0.244. The van der Waals surface area contributed by atoms with Crippen molar-refractivity contribution in [3.05, 3.63) is 87.9 Å². The van der Waals surface area contributed by atoms with Crippen molar-refractivity contribution in [1.29, 1.82) is 0 Å². The van der Waals surface area contributed by atoms with E-state index >= 15 is 0 Å². The topological polar surface area (TPSA) is 75.7 Å². The highest BCUT2D eigenvalue weighted by Crippen LogP contribution is 2.26. The molecule has 3 aromatic rings. The van der Waals surface area contributed by atoms with Crippen LogP contribution >= 0.6 is 11.6 Å². The number of nitrogens with one attached hydrogen (secondary N) is 1. The van der Waals surface area contributed by atoms with Crippen molar-refractivity contribution in [2.75, 3.05) is 19.0 Å². The summed E-state index contributed by atoms with van der Waals surface area (Å²) in [5.41, 5.74) is 3.79. The lowest BCUT2D eigenvalue weighted by Gasteiger charge is -2.20. The minimum absolute atomic E-state index is 0.0327. The zero-order valence-corrected chi connectivity index (χ0v) is 20.6. The van der Waals surface area contributed by atoms with Crippen LogP contribution in [0.1, 0.15) is 34.0 Å². The summed E-state index contributed by atoms with van der Waals surface area (Å²) in [5, 5.41) is 3.38. The van der Waals surface area contributed by atoms with Crippen LogP contribution in [-0.4, -0.2) is 32.3 Å². The van der Waals surface area contributed by atoms with Gasteiger partial charge in [0.1, 0.15) is 5.75 Å². The fourth-order valence-electron chi connectivity index (χ4n) is 3.40. The third kappa shape index (κ3) is 5.93. The van der Waals surface area contributed by atoms with E-state index in [1.165, 1.54) is 35.6 Å². The molecule has 0 radical (unpaired) electrons. The lowest BCUT2D eigenvalue weighted by atomic mass is 10.1. The number of hydrogen-bond donors (Lipinski definition) is 1. The Kier molecular flexibility index (Phi) is 7.79. The van der Waals surface area contributed by atoms with Gasteiger partial charge < -0.3 is 10.1 Å². The molecule has 1 amide bonds. The summed E-state index contributed by atoms with van der Waals surface area (Å²) in [4.78, 5) is 13.0. The van der Waals surface area contributed by atoms with Gasteiger partial charge in [-0.15, -0.1) is 0 Å². The molecule has 0 spiro atoms. The van der Waals surface area contributed by atoms with Crippen molar-refractivity contribution in [3.8, 4) is 5.75 Å². The number of sulfonamides is 1. The third-order valence-corrected chi connectivity index (χ3v) is 7.24. The largest absolute Gasteiger partial charge is 0.494 e. The fraction of sp³-hybridized carbons (Fsp3) is 0.240. The van der Waals surface area contributed by atoms with Gasteiger partial charge in [-0.2, -0.15) is 4.31 Å². The monoisotopic (exact) mass is 486 g/mol. The molecular formula is C25H27ClN2O4S. The van der Waals surface area contributed by atoms with Crippen molar-refractivity contribution in [2.45, 2.75) is 32.2 Å². The molecule has 0 aliphatic carbocycles. The number of aryl methyl sites for hydroxylation is 2. The van der Waals surface area contributed by atoms with E-state index in [2.05, 4.69) is 5.32 Å². The van der Waals surface area contributed by atoms with Gasteiger partial charge in [-0.1, -0.05) is 29.3 Å². The number of halogens is 1. The van der Waals surface area contributed by atoms with Gasteiger partial charge in [0.25, 0.3) is 5.91 Å². The normalized spacial score (nSPS) is 11.5. The van der Waals surface area contributed by atoms with Gasteiger partial charge in [0.05, 0.1) is 11.5 Å². The molecule has 8 heteroatoms. The number of carbonyl (C=O) groups is 1. The van der Waals surface area contributed by atoms with Crippen molar-refractivity contribution < 1.29 is 17.9 Å². The second-order valence-corrected chi connectivity index (χ2v) is 10.2. The fourth-order valence-corrected chi connectivity index (χ4v) is 4.68. The Morgan fingerprint density at radius 2 is 1.73 bits per heavy atom. The van der Waals surface area contributed by atoms with Crippen molar-refractivity contribution >= 4 is 33.2 Å². The highest BCUT2D eigenvalue weighted by molar-refractivity contribution is 7.89. The smallest absolute Gasteiger partial charge is 0.255 e. The van der Waals surface area contributed by atoms with E-state index in [9.17, 15) is 13.2 Å². The summed E-state index contributed by atoms with van der Waals surface area (Å²) < 4.78 is 32.9. The SMILES string of the molecule is CCOc1ccc(C(=O)Nc2ccc(C)cc2C)cc1CN(C)S(=O)(=O)c1ccc(Cl)cc1. The molecule has 0 saturated carbocycles. The summed E-state index contributed by atoms with van der Waals surface area (Å²) in [6.45, 7) is 6.22. The van der Waals surface area contributed by atoms with Gasteiger partial charge in [-0.3, -0.25) is 4.79 Å². The van der Waals surface area contributed by atoms with Gasteiger partial charge in [0.15, 0.2) is 0 Å². The molecule has 0 unspecified atom stereocenters. The van der Waals surface area contributed by atoms with E-state index in [0.29, 0.717) is 28.5 Å². The van der Waals surface area contributed by atoms with Crippen LogP contribution < -0.4 is 10.1 Å². The molecule has 0 bridgehead atoms. The first-order valence-electron chi connectivity index (χ1n) is 10.5. The number of anilines is 1. The number of amides is 1. The lowest BCUT2D eigenvalue weighted by molar-refractivity contribution is 0.102. The second kappa shape index (κ2) is 10.4. The molecule has 0 fully saturated rings. The van der Waals surface area contributed by atoms with Gasteiger partial charge in [0, 0.05) is 35.4 Å². The van der Waals surface area contributed by atoms with Gasteiger partial charge in [-0.25, -0.2) is 8.42 Å². The Hall–Kier alpha value is -2.87. The average Bonchev–Trinajstić information content (AvgIpc) is 2.77. The molecule has 0 atom stereocenters. The number of hydrogen-bond acceptors (Lipinski definition) is 4. The van der Waals surface area contributed by atoms with Gasteiger partial charge in [0.2, 0.25) is 10.0 Å². The van der Waals surface area contributed by atoms with E-state index in [4.69, 9.17) is 16.3 Å². The summed E-state index contributed by atoms with van der Waals surface area (Å²) in [6.07, 6.45) is 0. The second-order valence-electron chi connectivity index (χ2n) is 7.74. The Bertz CT molecular complexity index is 1260. The van der Waals surface area contributed by atoms with Crippen LogP contribution in [0.3, 0.4) is 0 Å². The molecule has 1 N–H and O–H groups in total. The Balaban J connectivity index is 1.88. The minimum atomic E-state index is -3.76. The van der Waals surface area contributed by atoms with E-state index in [1.54, 1.807) is 18.2 Å². The van der Waals surface area contributed by atoms with Gasteiger partial charge in [-0.05, 0) is 74.9 Å². The number of carbonyl (C=O) groups excluding carboxylic acids is 1. The van der Waals surface area contributed by atoms with E-state index in [1.807, 2.05) is 39.0 Å². The van der Waals surface area contributed by atoms with Crippen LogP contribution in [0.4, 0.5) is 5.69 Å². The minimum Gasteiger partial charge on any atom is -0.494 e. The summed E-state index contributed by atoms with van der Waals surface area (Å²) in [6, 6.07) is 16.8. The van der Waals surface area contributed by atoms with Crippen LogP contribution in [0.2, 0.25) is 5.02 Å². The Morgan fingerprint density at radius 1 is 1.03 bits per heavy atom. The molecule has 0 heterocycles. The summed E-state index contributed by atoms with van der Waals surface area (Å²) >= 11 is 5.89. The number of ether oxygens (including phenoxy) is 1. The molecule has 33 heavy (non-hydrogen) atoms. The number of benzene rings is 3.